The average molecular weight is 412 g/mol. The normalized spacial score (nSPS) is 13.4. The number of halogens is 2. The third-order valence-electron chi connectivity index (χ3n) is 3.14. The van der Waals surface area contributed by atoms with Crippen molar-refractivity contribution in [3.63, 3.8) is 0 Å². The fourth-order valence-electron chi connectivity index (χ4n) is 1.97. The molecule has 0 aliphatic rings. The Hall–Kier alpha value is 0.130. The van der Waals surface area contributed by atoms with Crippen LogP contribution >= 0.6 is 31.9 Å². The minimum absolute atomic E-state index is 0.248. The first-order valence-electron chi connectivity index (χ1n) is 6.47. The molecular weight excluding hydrogens is 392 g/mol. The van der Waals surface area contributed by atoms with Crippen LogP contribution in [0.3, 0.4) is 0 Å². The molecule has 1 unspecified atom stereocenters. The lowest BCUT2D eigenvalue weighted by molar-refractivity contribution is 0.528. The van der Waals surface area contributed by atoms with Gasteiger partial charge in [0.05, 0.1) is 5.75 Å². The standard InChI is InChI=1S/C14H20Br2O2S/c1-2-19(17,18)8-4-6-13(11-15)9-12-5-3-7-14(16)10-12/h3,5,7,10,13H,2,4,6,8-9,11H2,1H3. The summed E-state index contributed by atoms with van der Waals surface area (Å²) in [5.74, 6) is 1.05. The van der Waals surface area contributed by atoms with E-state index in [-0.39, 0.29) is 5.75 Å². The van der Waals surface area contributed by atoms with Crippen molar-refractivity contribution in [2.45, 2.75) is 26.2 Å². The molecule has 0 N–H and O–H groups in total. The van der Waals surface area contributed by atoms with E-state index in [2.05, 4.69) is 44.0 Å². The fraction of sp³-hybridized carbons (Fsp3) is 0.571. The smallest absolute Gasteiger partial charge is 0.150 e. The van der Waals surface area contributed by atoms with E-state index in [9.17, 15) is 8.42 Å². The Labute approximate surface area is 133 Å². The van der Waals surface area contributed by atoms with Crippen LogP contribution in [0, 0.1) is 5.92 Å². The van der Waals surface area contributed by atoms with Gasteiger partial charge < -0.3 is 0 Å². The number of rotatable bonds is 8. The first kappa shape index (κ1) is 17.2. The highest BCUT2D eigenvalue weighted by Crippen LogP contribution is 2.20. The number of alkyl halides is 1. The molecule has 0 aliphatic heterocycles. The van der Waals surface area contributed by atoms with Crippen LogP contribution in [0.25, 0.3) is 0 Å². The fourth-order valence-corrected chi connectivity index (χ4v) is 3.86. The molecular formula is C14H20Br2O2S. The van der Waals surface area contributed by atoms with Gasteiger partial charge >= 0.3 is 0 Å². The second kappa shape index (κ2) is 8.42. The number of benzene rings is 1. The van der Waals surface area contributed by atoms with Crippen molar-refractivity contribution in [1.82, 2.24) is 0 Å². The molecule has 0 radical (unpaired) electrons. The summed E-state index contributed by atoms with van der Waals surface area (Å²) in [5, 5.41) is 0.908. The highest BCUT2D eigenvalue weighted by atomic mass is 79.9. The quantitative estimate of drug-likeness (QED) is 0.600. The molecule has 1 aromatic rings. The molecule has 2 nitrogen and oxygen atoms in total. The first-order chi connectivity index (χ1) is 8.96. The van der Waals surface area contributed by atoms with Gasteiger partial charge in [-0.2, -0.15) is 0 Å². The van der Waals surface area contributed by atoms with E-state index in [4.69, 9.17) is 0 Å². The third-order valence-corrected chi connectivity index (χ3v) is 6.34. The van der Waals surface area contributed by atoms with Crippen molar-refractivity contribution in [2.24, 2.45) is 5.92 Å². The first-order valence-corrected chi connectivity index (χ1v) is 10.2. The maximum absolute atomic E-state index is 11.5. The highest BCUT2D eigenvalue weighted by molar-refractivity contribution is 9.10. The maximum Gasteiger partial charge on any atom is 0.150 e. The summed E-state index contributed by atoms with van der Waals surface area (Å²) < 4.78 is 24.0. The molecule has 108 valence electrons. The molecule has 0 heterocycles. The number of hydrogen-bond donors (Lipinski definition) is 0. The largest absolute Gasteiger partial charge is 0.229 e. The van der Waals surface area contributed by atoms with Gasteiger partial charge in [-0.05, 0) is 42.9 Å². The van der Waals surface area contributed by atoms with Gasteiger partial charge in [0, 0.05) is 15.6 Å². The third kappa shape index (κ3) is 6.91. The lowest BCUT2D eigenvalue weighted by Gasteiger charge is -2.14. The van der Waals surface area contributed by atoms with Crippen LogP contribution in [0.4, 0.5) is 0 Å². The van der Waals surface area contributed by atoms with E-state index in [0.29, 0.717) is 11.7 Å². The van der Waals surface area contributed by atoms with E-state index in [1.807, 2.05) is 12.1 Å². The van der Waals surface area contributed by atoms with Gasteiger partial charge in [0.2, 0.25) is 0 Å². The Kier molecular flexibility index (Phi) is 7.62. The molecule has 1 rings (SSSR count). The SMILES string of the molecule is CCS(=O)(=O)CCCC(CBr)Cc1cccc(Br)c1. The van der Waals surface area contributed by atoms with Crippen LogP contribution in [-0.4, -0.2) is 25.3 Å². The van der Waals surface area contributed by atoms with Crippen LogP contribution in [0.1, 0.15) is 25.3 Å². The van der Waals surface area contributed by atoms with Crippen molar-refractivity contribution in [3.05, 3.63) is 34.3 Å². The zero-order valence-electron chi connectivity index (χ0n) is 11.1. The minimum Gasteiger partial charge on any atom is -0.229 e. The molecule has 0 amide bonds. The number of hydrogen-bond acceptors (Lipinski definition) is 2. The molecule has 1 aromatic carbocycles. The summed E-state index contributed by atoms with van der Waals surface area (Å²) in [4.78, 5) is 0. The Morgan fingerprint density at radius 3 is 2.63 bits per heavy atom. The zero-order valence-corrected chi connectivity index (χ0v) is 15.1. The number of sulfone groups is 1. The summed E-state index contributed by atoms with van der Waals surface area (Å²) >= 11 is 7.00. The van der Waals surface area contributed by atoms with Crippen LogP contribution in [-0.2, 0) is 16.3 Å². The molecule has 19 heavy (non-hydrogen) atoms. The van der Waals surface area contributed by atoms with Crippen LogP contribution in [0.2, 0.25) is 0 Å². The van der Waals surface area contributed by atoms with Crippen molar-refractivity contribution in [2.75, 3.05) is 16.8 Å². The summed E-state index contributed by atoms with van der Waals surface area (Å²) in [6.45, 7) is 1.71. The maximum atomic E-state index is 11.5. The van der Waals surface area contributed by atoms with Gasteiger partial charge in [-0.3, -0.25) is 0 Å². The Morgan fingerprint density at radius 2 is 2.05 bits per heavy atom. The van der Waals surface area contributed by atoms with Crippen LogP contribution < -0.4 is 0 Å². The molecule has 0 aromatic heterocycles. The summed E-state index contributed by atoms with van der Waals surface area (Å²) in [7, 11) is -2.83. The Bertz CT molecular complexity index is 486. The molecule has 0 spiro atoms. The molecule has 0 fully saturated rings. The lowest BCUT2D eigenvalue weighted by atomic mass is 9.97. The monoisotopic (exact) mass is 410 g/mol. The highest BCUT2D eigenvalue weighted by Gasteiger charge is 2.12. The van der Waals surface area contributed by atoms with Gasteiger partial charge in [-0.25, -0.2) is 8.42 Å². The van der Waals surface area contributed by atoms with Crippen molar-refractivity contribution >= 4 is 41.7 Å². The second-order valence-electron chi connectivity index (χ2n) is 4.73. The van der Waals surface area contributed by atoms with E-state index < -0.39 is 9.84 Å². The van der Waals surface area contributed by atoms with Crippen molar-refractivity contribution < 1.29 is 8.42 Å². The molecule has 0 saturated carbocycles. The molecule has 1 atom stereocenters. The summed E-state index contributed by atoms with van der Waals surface area (Å²) in [5.41, 5.74) is 1.29. The van der Waals surface area contributed by atoms with Crippen molar-refractivity contribution in [1.29, 1.82) is 0 Å². The summed E-state index contributed by atoms with van der Waals surface area (Å²) in [6.07, 6.45) is 2.67. The van der Waals surface area contributed by atoms with Gasteiger partial charge in [0.15, 0.2) is 0 Å². The Balaban J connectivity index is 2.46. The molecule has 0 bridgehead atoms. The van der Waals surface area contributed by atoms with Gasteiger partial charge in [-0.15, -0.1) is 0 Å². The predicted molar refractivity (Wildman–Crippen MR) is 88.7 cm³/mol. The molecule has 5 heteroatoms. The zero-order chi connectivity index (χ0) is 14.3. The van der Waals surface area contributed by atoms with E-state index in [1.54, 1.807) is 6.92 Å². The van der Waals surface area contributed by atoms with Gasteiger partial charge in [-0.1, -0.05) is 50.9 Å². The topological polar surface area (TPSA) is 34.1 Å². The Morgan fingerprint density at radius 1 is 1.32 bits per heavy atom. The van der Waals surface area contributed by atoms with E-state index in [1.165, 1.54) is 5.56 Å². The van der Waals surface area contributed by atoms with E-state index >= 15 is 0 Å². The average Bonchev–Trinajstić information content (AvgIpc) is 2.37. The van der Waals surface area contributed by atoms with Crippen molar-refractivity contribution in [3.8, 4) is 0 Å². The van der Waals surface area contributed by atoms with Gasteiger partial charge in [0.25, 0.3) is 0 Å². The van der Waals surface area contributed by atoms with E-state index in [0.717, 1.165) is 29.1 Å². The van der Waals surface area contributed by atoms with Crippen LogP contribution in [0.15, 0.2) is 28.7 Å². The van der Waals surface area contributed by atoms with Gasteiger partial charge in [0.1, 0.15) is 9.84 Å². The molecule has 0 saturated heterocycles. The second-order valence-corrected chi connectivity index (χ2v) is 8.77. The molecule has 0 aliphatic carbocycles. The lowest BCUT2D eigenvalue weighted by Crippen LogP contribution is -2.12. The summed E-state index contributed by atoms with van der Waals surface area (Å²) in [6, 6.07) is 8.29. The van der Waals surface area contributed by atoms with Crippen LogP contribution in [0.5, 0.6) is 0 Å². The predicted octanol–water partition coefficient (Wildman–Crippen LogP) is 4.22. The minimum atomic E-state index is -2.83.